The lowest BCUT2D eigenvalue weighted by Gasteiger charge is -2.28. The summed E-state index contributed by atoms with van der Waals surface area (Å²) in [6.07, 6.45) is 2.36. The molecule has 4 nitrogen and oxygen atoms in total. The smallest absolute Gasteiger partial charge is 0.0928 e. The molecular formula is C9H15N3OS. The summed E-state index contributed by atoms with van der Waals surface area (Å²) in [6, 6.07) is 0.300. The van der Waals surface area contributed by atoms with Gasteiger partial charge >= 0.3 is 0 Å². The first-order valence-electron chi connectivity index (χ1n) is 4.94. The highest BCUT2D eigenvalue weighted by atomic mass is 32.1. The van der Waals surface area contributed by atoms with E-state index in [4.69, 9.17) is 4.74 Å². The number of rotatable bonds is 3. The molecule has 2 atom stereocenters. The Hall–Kier alpha value is -0.520. The van der Waals surface area contributed by atoms with Gasteiger partial charge in [-0.05, 0) is 31.4 Å². The lowest BCUT2D eigenvalue weighted by atomic mass is 9.92. The molecule has 1 aromatic heterocycles. The molecule has 0 amide bonds. The largest absolute Gasteiger partial charge is 0.381 e. The minimum absolute atomic E-state index is 0.300. The van der Waals surface area contributed by atoms with Crippen LogP contribution in [0, 0.1) is 5.92 Å². The molecule has 1 saturated heterocycles. The molecular weight excluding hydrogens is 198 g/mol. The Labute approximate surface area is 87.8 Å². The van der Waals surface area contributed by atoms with Gasteiger partial charge in [-0.15, -0.1) is 5.10 Å². The molecule has 1 aromatic rings. The third-order valence-corrected chi connectivity index (χ3v) is 3.20. The second-order valence-electron chi connectivity index (χ2n) is 3.57. The van der Waals surface area contributed by atoms with Crippen molar-refractivity contribution in [1.82, 2.24) is 14.9 Å². The van der Waals surface area contributed by atoms with E-state index >= 15 is 0 Å². The van der Waals surface area contributed by atoms with Crippen LogP contribution in [0.4, 0.5) is 0 Å². The van der Waals surface area contributed by atoms with Crippen molar-refractivity contribution >= 4 is 11.5 Å². The van der Waals surface area contributed by atoms with E-state index < -0.39 is 0 Å². The molecule has 1 N–H and O–H groups in total. The molecule has 0 spiro atoms. The number of hydrogen-bond acceptors (Lipinski definition) is 5. The lowest BCUT2D eigenvalue weighted by Crippen LogP contribution is -2.31. The molecule has 14 heavy (non-hydrogen) atoms. The molecule has 1 fully saturated rings. The summed E-state index contributed by atoms with van der Waals surface area (Å²) < 4.78 is 9.37. The molecule has 2 unspecified atom stereocenters. The minimum Gasteiger partial charge on any atom is -0.381 e. The summed E-state index contributed by atoms with van der Waals surface area (Å²) in [5.74, 6) is 0.539. The van der Waals surface area contributed by atoms with E-state index in [-0.39, 0.29) is 0 Å². The van der Waals surface area contributed by atoms with Crippen LogP contribution < -0.4 is 5.32 Å². The van der Waals surface area contributed by atoms with Gasteiger partial charge < -0.3 is 10.1 Å². The summed E-state index contributed by atoms with van der Waals surface area (Å²) in [5, 5.41) is 9.42. The van der Waals surface area contributed by atoms with Gasteiger partial charge in [0.1, 0.15) is 0 Å². The first kappa shape index (κ1) is 10.0. The monoisotopic (exact) mass is 213 g/mol. The number of nitrogens with zero attached hydrogens (tertiary/aromatic N) is 2. The average Bonchev–Trinajstić information content (AvgIpc) is 2.74. The highest BCUT2D eigenvalue weighted by Gasteiger charge is 2.25. The summed E-state index contributed by atoms with van der Waals surface area (Å²) in [6.45, 7) is 1.74. The van der Waals surface area contributed by atoms with E-state index in [1.807, 2.05) is 12.4 Å². The molecule has 1 aliphatic heterocycles. The normalized spacial score (nSPS) is 24.8. The Morgan fingerprint density at radius 3 is 3.21 bits per heavy atom. The first-order valence-corrected chi connectivity index (χ1v) is 5.77. The second kappa shape index (κ2) is 4.82. The van der Waals surface area contributed by atoms with Crippen LogP contribution in [-0.4, -0.2) is 29.8 Å². The Kier molecular flexibility index (Phi) is 3.44. The van der Waals surface area contributed by atoms with Crippen LogP contribution in [0.15, 0.2) is 5.38 Å². The molecule has 0 aliphatic carbocycles. The number of hydrogen-bond donors (Lipinski definition) is 1. The third-order valence-electron chi connectivity index (χ3n) is 2.67. The fourth-order valence-electron chi connectivity index (χ4n) is 1.96. The van der Waals surface area contributed by atoms with Crippen LogP contribution >= 0.6 is 11.5 Å². The van der Waals surface area contributed by atoms with Crippen LogP contribution in [0.2, 0.25) is 0 Å². The van der Waals surface area contributed by atoms with Crippen LogP contribution in [0.1, 0.15) is 24.6 Å². The predicted molar refractivity (Wildman–Crippen MR) is 55.3 cm³/mol. The van der Waals surface area contributed by atoms with E-state index in [1.54, 1.807) is 0 Å². The van der Waals surface area contributed by atoms with Gasteiger partial charge in [-0.1, -0.05) is 4.49 Å². The fourth-order valence-corrected chi connectivity index (χ4v) is 2.45. The Balaban J connectivity index is 2.04. The average molecular weight is 213 g/mol. The van der Waals surface area contributed by atoms with Crippen molar-refractivity contribution in [3.05, 3.63) is 11.1 Å². The van der Waals surface area contributed by atoms with Crippen molar-refractivity contribution in [2.45, 2.75) is 18.9 Å². The summed E-state index contributed by atoms with van der Waals surface area (Å²) in [7, 11) is 1.97. The first-order chi connectivity index (χ1) is 6.92. The van der Waals surface area contributed by atoms with Gasteiger partial charge in [0.2, 0.25) is 0 Å². The van der Waals surface area contributed by atoms with Gasteiger partial charge in [0.05, 0.1) is 18.3 Å². The molecule has 5 heteroatoms. The lowest BCUT2D eigenvalue weighted by molar-refractivity contribution is 0.0396. The Bertz CT molecular complexity index is 259. The Morgan fingerprint density at radius 2 is 2.64 bits per heavy atom. The topological polar surface area (TPSA) is 47.0 Å². The molecule has 0 aromatic carbocycles. The van der Waals surface area contributed by atoms with Crippen molar-refractivity contribution in [3.8, 4) is 0 Å². The van der Waals surface area contributed by atoms with Crippen LogP contribution in [0.5, 0.6) is 0 Å². The van der Waals surface area contributed by atoms with Gasteiger partial charge in [-0.2, -0.15) is 0 Å². The van der Waals surface area contributed by atoms with E-state index in [9.17, 15) is 0 Å². The molecule has 2 rings (SSSR count). The molecule has 0 bridgehead atoms. The molecule has 1 aliphatic rings. The van der Waals surface area contributed by atoms with E-state index in [0.29, 0.717) is 12.0 Å². The third kappa shape index (κ3) is 2.10. The zero-order valence-corrected chi connectivity index (χ0v) is 9.09. The zero-order chi connectivity index (χ0) is 9.80. The SMILES string of the molecule is CNC(c1csnn1)C1CCCOC1. The fraction of sp³-hybridized carbons (Fsp3) is 0.778. The number of aromatic nitrogens is 2. The Morgan fingerprint density at radius 1 is 1.71 bits per heavy atom. The van der Waals surface area contributed by atoms with Crippen molar-refractivity contribution in [2.75, 3.05) is 20.3 Å². The van der Waals surface area contributed by atoms with Gasteiger partial charge in [-0.25, -0.2) is 0 Å². The maximum absolute atomic E-state index is 5.48. The van der Waals surface area contributed by atoms with Crippen LogP contribution in [0.25, 0.3) is 0 Å². The number of nitrogens with one attached hydrogen (secondary N) is 1. The summed E-state index contributed by atoms with van der Waals surface area (Å²) in [4.78, 5) is 0. The summed E-state index contributed by atoms with van der Waals surface area (Å²) >= 11 is 1.41. The standard InChI is InChI=1S/C9H15N3OS/c1-10-9(8-6-14-12-11-8)7-3-2-4-13-5-7/h6-7,9-10H,2-5H2,1H3. The quantitative estimate of drug-likeness (QED) is 0.820. The van der Waals surface area contributed by atoms with Crippen molar-refractivity contribution in [2.24, 2.45) is 5.92 Å². The highest BCUT2D eigenvalue weighted by molar-refractivity contribution is 7.03. The van der Waals surface area contributed by atoms with Gasteiger partial charge in [-0.3, -0.25) is 0 Å². The van der Waals surface area contributed by atoms with Crippen molar-refractivity contribution in [3.63, 3.8) is 0 Å². The van der Waals surface area contributed by atoms with Gasteiger partial charge in [0.25, 0.3) is 0 Å². The molecule has 2 heterocycles. The van der Waals surface area contributed by atoms with Gasteiger partial charge in [0.15, 0.2) is 0 Å². The van der Waals surface area contributed by atoms with Crippen molar-refractivity contribution < 1.29 is 4.74 Å². The van der Waals surface area contributed by atoms with Crippen LogP contribution in [0.3, 0.4) is 0 Å². The van der Waals surface area contributed by atoms with Gasteiger partial charge in [0, 0.05) is 17.9 Å². The second-order valence-corrected chi connectivity index (χ2v) is 4.18. The van der Waals surface area contributed by atoms with E-state index in [1.165, 1.54) is 18.0 Å². The molecule has 0 radical (unpaired) electrons. The predicted octanol–water partition coefficient (Wildman–Crippen LogP) is 1.23. The minimum atomic E-state index is 0.300. The molecule has 0 saturated carbocycles. The maximum Gasteiger partial charge on any atom is 0.0928 e. The van der Waals surface area contributed by atoms with Crippen molar-refractivity contribution in [1.29, 1.82) is 0 Å². The van der Waals surface area contributed by atoms with E-state index in [0.717, 1.165) is 25.3 Å². The van der Waals surface area contributed by atoms with E-state index in [2.05, 4.69) is 14.9 Å². The zero-order valence-electron chi connectivity index (χ0n) is 8.27. The van der Waals surface area contributed by atoms with Crippen LogP contribution in [-0.2, 0) is 4.74 Å². The maximum atomic E-state index is 5.48. The summed E-state index contributed by atoms with van der Waals surface area (Å²) in [5.41, 5.74) is 1.05. The highest BCUT2D eigenvalue weighted by Crippen LogP contribution is 2.27. The number of ether oxygens (including phenoxy) is 1. The molecule has 78 valence electrons.